The van der Waals surface area contributed by atoms with Gasteiger partial charge in [-0.15, -0.1) is 0 Å². The van der Waals surface area contributed by atoms with Crippen LogP contribution in [0, 0.1) is 13.8 Å². The number of anilines is 2. The van der Waals surface area contributed by atoms with Gasteiger partial charge in [0.05, 0.1) is 12.8 Å². The molecule has 3 aromatic rings. The molecule has 0 aliphatic carbocycles. The average molecular weight is 404 g/mol. The first-order valence-electron chi connectivity index (χ1n) is 9.50. The van der Waals surface area contributed by atoms with Crippen LogP contribution in [0.15, 0.2) is 66.7 Å². The van der Waals surface area contributed by atoms with Crippen LogP contribution in [0.4, 0.5) is 11.4 Å². The second-order valence-corrected chi connectivity index (χ2v) is 6.84. The van der Waals surface area contributed by atoms with Crippen molar-refractivity contribution in [3.8, 4) is 11.5 Å². The van der Waals surface area contributed by atoms with Crippen LogP contribution < -0.4 is 20.1 Å². The van der Waals surface area contributed by atoms with Crippen LogP contribution in [-0.4, -0.2) is 25.5 Å². The molecule has 0 unspecified atom stereocenters. The lowest BCUT2D eigenvalue weighted by molar-refractivity contribution is -0.118. The average Bonchev–Trinajstić information content (AvgIpc) is 2.75. The van der Waals surface area contributed by atoms with Gasteiger partial charge < -0.3 is 20.1 Å². The zero-order valence-electron chi connectivity index (χ0n) is 17.2. The molecule has 6 nitrogen and oxygen atoms in total. The van der Waals surface area contributed by atoms with E-state index in [1.54, 1.807) is 43.5 Å². The van der Waals surface area contributed by atoms with Crippen molar-refractivity contribution < 1.29 is 19.1 Å². The monoisotopic (exact) mass is 404 g/mol. The molecule has 0 fully saturated rings. The third kappa shape index (κ3) is 5.38. The van der Waals surface area contributed by atoms with Gasteiger partial charge in [0.2, 0.25) is 0 Å². The summed E-state index contributed by atoms with van der Waals surface area (Å²) in [6, 6.07) is 19.7. The van der Waals surface area contributed by atoms with E-state index in [-0.39, 0.29) is 18.4 Å². The Labute approximate surface area is 175 Å². The van der Waals surface area contributed by atoms with Crippen LogP contribution in [-0.2, 0) is 4.79 Å². The predicted octanol–water partition coefficient (Wildman–Crippen LogP) is 4.58. The van der Waals surface area contributed by atoms with Gasteiger partial charge in [-0.25, -0.2) is 0 Å². The van der Waals surface area contributed by atoms with Gasteiger partial charge >= 0.3 is 0 Å². The molecule has 2 N–H and O–H groups in total. The number of aryl methyl sites for hydroxylation is 2. The minimum absolute atomic E-state index is 0.0969. The molecule has 0 aliphatic rings. The van der Waals surface area contributed by atoms with Crippen LogP contribution in [0.25, 0.3) is 0 Å². The third-order valence-corrected chi connectivity index (χ3v) is 4.49. The summed E-state index contributed by atoms with van der Waals surface area (Å²) in [6.45, 7) is 3.81. The minimum Gasteiger partial charge on any atom is -0.495 e. The normalized spacial score (nSPS) is 10.2. The van der Waals surface area contributed by atoms with Gasteiger partial charge in [-0.05, 0) is 67.4 Å². The molecule has 3 aromatic carbocycles. The Balaban J connectivity index is 1.56. The Morgan fingerprint density at radius 1 is 0.867 bits per heavy atom. The SMILES string of the molecule is COc1ccccc1NC(=O)c1ccc(NC(=O)COc2cc(C)ccc2C)cc1. The molecule has 3 rings (SSSR count). The number of nitrogens with one attached hydrogen (secondary N) is 2. The molecule has 0 saturated heterocycles. The van der Waals surface area contributed by atoms with Crippen molar-refractivity contribution in [3.05, 3.63) is 83.4 Å². The van der Waals surface area contributed by atoms with E-state index >= 15 is 0 Å². The summed E-state index contributed by atoms with van der Waals surface area (Å²) in [6.07, 6.45) is 0. The van der Waals surface area contributed by atoms with Gasteiger partial charge in [-0.2, -0.15) is 0 Å². The van der Waals surface area contributed by atoms with Crippen LogP contribution in [0.2, 0.25) is 0 Å². The minimum atomic E-state index is -0.276. The highest BCUT2D eigenvalue weighted by Crippen LogP contribution is 2.24. The molecule has 0 aliphatic heterocycles. The highest BCUT2D eigenvalue weighted by molar-refractivity contribution is 6.05. The van der Waals surface area contributed by atoms with E-state index in [0.29, 0.717) is 28.4 Å². The summed E-state index contributed by atoms with van der Waals surface area (Å²) < 4.78 is 10.9. The number of carbonyl (C=O) groups is 2. The van der Waals surface area contributed by atoms with Gasteiger partial charge in [-0.3, -0.25) is 9.59 Å². The number of amides is 2. The van der Waals surface area contributed by atoms with E-state index in [1.165, 1.54) is 0 Å². The zero-order valence-corrected chi connectivity index (χ0v) is 17.2. The lowest BCUT2D eigenvalue weighted by Gasteiger charge is -2.11. The fourth-order valence-corrected chi connectivity index (χ4v) is 2.85. The van der Waals surface area contributed by atoms with Gasteiger partial charge in [0, 0.05) is 11.3 Å². The lowest BCUT2D eigenvalue weighted by atomic mass is 10.1. The fraction of sp³-hybridized carbons (Fsp3) is 0.167. The number of rotatable bonds is 7. The maximum absolute atomic E-state index is 12.5. The van der Waals surface area contributed by atoms with E-state index < -0.39 is 0 Å². The number of ether oxygens (including phenoxy) is 2. The molecule has 30 heavy (non-hydrogen) atoms. The van der Waals surface area contributed by atoms with Crippen molar-refractivity contribution in [2.45, 2.75) is 13.8 Å². The molecule has 0 bridgehead atoms. The summed E-state index contributed by atoms with van der Waals surface area (Å²) in [5.74, 6) is 0.727. The lowest BCUT2D eigenvalue weighted by Crippen LogP contribution is -2.20. The van der Waals surface area contributed by atoms with Gasteiger partial charge in [0.15, 0.2) is 6.61 Å². The molecule has 0 atom stereocenters. The third-order valence-electron chi connectivity index (χ3n) is 4.49. The van der Waals surface area contributed by atoms with E-state index in [9.17, 15) is 9.59 Å². The Morgan fingerprint density at radius 3 is 2.33 bits per heavy atom. The molecule has 0 saturated carbocycles. The second-order valence-electron chi connectivity index (χ2n) is 6.84. The topological polar surface area (TPSA) is 76.7 Å². The predicted molar refractivity (Wildman–Crippen MR) is 117 cm³/mol. The van der Waals surface area contributed by atoms with E-state index in [0.717, 1.165) is 11.1 Å². The number of para-hydroxylation sites is 2. The van der Waals surface area contributed by atoms with E-state index in [1.807, 2.05) is 44.2 Å². The van der Waals surface area contributed by atoms with Crippen molar-refractivity contribution >= 4 is 23.2 Å². The smallest absolute Gasteiger partial charge is 0.262 e. The summed E-state index contributed by atoms with van der Waals surface area (Å²) in [7, 11) is 1.55. The highest BCUT2D eigenvalue weighted by atomic mass is 16.5. The number of carbonyl (C=O) groups excluding carboxylic acids is 2. The van der Waals surface area contributed by atoms with E-state index in [2.05, 4.69) is 10.6 Å². The Morgan fingerprint density at radius 2 is 1.60 bits per heavy atom. The summed E-state index contributed by atoms with van der Waals surface area (Å²) >= 11 is 0. The van der Waals surface area contributed by atoms with E-state index in [4.69, 9.17) is 9.47 Å². The van der Waals surface area contributed by atoms with Crippen molar-refractivity contribution in [3.63, 3.8) is 0 Å². The Bertz CT molecular complexity index is 1050. The zero-order chi connectivity index (χ0) is 21.5. The van der Waals surface area contributed by atoms with Crippen LogP contribution in [0.3, 0.4) is 0 Å². The van der Waals surface area contributed by atoms with Crippen LogP contribution >= 0.6 is 0 Å². The molecular formula is C24H24N2O4. The molecule has 6 heteroatoms. The largest absolute Gasteiger partial charge is 0.495 e. The van der Waals surface area contributed by atoms with Crippen LogP contribution in [0.5, 0.6) is 11.5 Å². The number of methoxy groups -OCH3 is 1. The Hall–Kier alpha value is -3.80. The highest BCUT2D eigenvalue weighted by Gasteiger charge is 2.10. The maximum atomic E-state index is 12.5. The van der Waals surface area contributed by atoms with Gasteiger partial charge in [-0.1, -0.05) is 24.3 Å². The molecule has 0 heterocycles. The Kier molecular flexibility index (Phi) is 6.70. The molecule has 0 spiro atoms. The quantitative estimate of drug-likeness (QED) is 0.604. The second kappa shape index (κ2) is 9.60. The van der Waals surface area contributed by atoms with Crippen molar-refractivity contribution in [1.29, 1.82) is 0 Å². The molecular weight excluding hydrogens is 380 g/mol. The summed E-state index contributed by atoms with van der Waals surface area (Å²) in [5, 5.41) is 5.58. The van der Waals surface area contributed by atoms with Crippen LogP contribution in [0.1, 0.15) is 21.5 Å². The van der Waals surface area contributed by atoms with Gasteiger partial charge in [0.25, 0.3) is 11.8 Å². The summed E-state index contributed by atoms with van der Waals surface area (Å²) in [4.78, 5) is 24.6. The first-order chi connectivity index (χ1) is 14.5. The fourth-order valence-electron chi connectivity index (χ4n) is 2.85. The molecule has 2 amide bonds. The first-order valence-corrected chi connectivity index (χ1v) is 9.50. The molecule has 0 radical (unpaired) electrons. The first kappa shape index (κ1) is 20.9. The standard InChI is InChI=1S/C24H24N2O4/c1-16-8-9-17(2)22(14-16)30-15-23(27)25-19-12-10-18(11-13-19)24(28)26-20-6-4-5-7-21(20)29-3/h4-14H,15H2,1-3H3,(H,25,27)(H,26,28). The van der Waals surface area contributed by atoms with Crippen molar-refractivity contribution in [2.75, 3.05) is 24.4 Å². The number of hydrogen-bond acceptors (Lipinski definition) is 4. The molecule has 154 valence electrons. The summed E-state index contributed by atoms with van der Waals surface area (Å²) in [5.41, 5.74) is 3.67. The number of hydrogen-bond donors (Lipinski definition) is 2. The maximum Gasteiger partial charge on any atom is 0.262 e. The molecule has 0 aromatic heterocycles. The van der Waals surface area contributed by atoms with Crippen molar-refractivity contribution in [2.24, 2.45) is 0 Å². The van der Waals surface area contributed by atoms with Crippen molar-refractivity contribution in [1.82, 2.24) is 0 Å². The van der Waals surface area contributed by atoms with Gasteiger partial charge in [0.1, 0.15) is 11.5 Å². The number of benzene rings is 3.